The number of carbonyl (C=O) groups excluding carboxylic acids is 2. The number of hydrogen-bond acceptors (Lipinski definition) is 6. The van der Waals surface area contributed by atoms with Crippen molar-refractivity contribution in [2.45, 2.75) is 12.1 Å². The molecule has 2 fully saturated rings. The number of para-hydroxylation sites is 1. The van der Waals surface area contributed by atoms with E-state index in [0.29, 0.717) is 11.5 Å². The van der Waals surface area contributed by atoms with E-state index in [1.54, 1.807) is 31.4 Å². The topological polar surface area (TPSA) is 77.1 Å². The zero-order valence-corrected chi connectivity index (χ0v) is 14.3. The largest absolute Gasteiger partial charge is 0.497 e. The maximum Gasteiger partial charge on any atom is 0.259 e. The van der Waals surface area contributed by atoms with Gasteiger partial charge in [0.15, 0.2) is 6.10 Å². The third-order valence-electron chi connectivity index (χ3n) is 4.72. The number of amides is 2. The van der Waals surface area contributed by atoms with Crippen molar-refractivity contribution in [3.63, 3.8) is 0 Å². The van der Waals surface area contributed by atoms with Crippen LogP contribution in [0, 0.1) is 5.92 Å². The Bertz CT molecular complexity index is 854. The Labute approximate surface area is 150 Å². The second-order valence-corrected chi connectivity index (χ2v) is 6.12. The number of nitrogens with zero attached hydrogens (tertiary/aromatic N) is 1. The van der Waals surface area contributed by atoms with E-state index in [-0.39, 0.29) is 5.91 Å². The van der Waals surface area contributed by atoms with Gasteiger partial charge in [0, 0.05) is 11.6 Å². The van der Waals surface area contributed by atoms with Gasteiger partial charge in [-0.15, -0.1) is 0 Å². The Morgan fingerprint density at radius 1 is 1.00 bits per heavy atom. The number of fused-ring (bicyclic) bond motifs is 1. The van der Waals surface area contributed by atoms with Gasteiger partial charge < -0.3 is 9.47 Å². The maximum atomic E-state index is 12.4. The zero-order valence-electron chi connectivity index (χ0n) is 14.3. The first kappa shape index (κ1) is 16.4. The average molecular weight is 354 g/mol. The fourth-order valence-electron chi connectivity index (χ4n) is 3.51. The van der Waals surface area contributed by atoms with Crippen LogP contribution in [0.15, 0.2) is 48.5 Å². The number of carbonyl (C=O) groups is 2. The van der Waals surface area contributed by atoms with Gasteiger partial charge in [-0.25, -0.2) is 5.06 Å². The SMILES string of the molecule is COc1ccc([C@H]2[C@@H]3C(=O)NC(=O)[C@H]3ON2c2ccccc2)c(OC)c1. The number of hydroxylamine groups is 1. The normalized spacial score (nSPS) is 24.4. The Balaban J connectivity index is 1.84. The lowest BCUT2D eigenvalue weighted by atomic mass is 9.90. The van der Waals surface area contributed by atoms with Crippen LogP contribution in [0.1, 0.15) is 11.6 Å². The predicted molar refractivity (Wildman–Crippen MR) is 92.7 cm³/mol. The van der Waals surface area contributed by atoms with E-state index in [4.69, 9.17) is 14.3 Å². The lowest BCUT2D eigenvalue weighted by Crippen LogP contribution is -2.33. The van der Waals surface area contributed by atoms with Gasteiger partial charge in [0.2, 0.25) is 5.91 Å². The molecule has 7 heteroatoms. The summed E-state index contributed by atoms with van der Waals surface area (Å²) in [5.41, 5.74) is 1.50. The van der Waals surface area contributed by atoms with Crippen molar-refractivity contribution >= 4 is 17.5 Å². The van der Waals surface area contributed by atoms with Crippen molar-refractivity contribution in [2.75, 3.05) is 19.3 Å². The van der Waals surface area contributed by atoms with E-state index in [1.807, 2.05) is 36.4 Å². The number of nitrogens with one attached hydrogen (secondary N) is 1. The molecule has 26 heavy (non-hydrogen) atoms. The van der Waals surface area contributed by atoms with Gasteiger partial charge in [-0.05, 0) is 24.3 Å². The Morgan fingerprint density at radius 3 is 2.46 bits per heavy atom. The summed E-state index contributed by atoms with van der Waals surface area (Å²) in [6.07, 6.45) is -0.862. The summed E-state index contributed by atoms with van der Waals surface area (Å²) in [5.74, 6) is -0.229. The molecule has 4 rings (SSSR count). The quantitative estimate of drug-likeness (QED) is 0.845. The highest BCUT2D eigenvalue weighted by Crippen LogP contribution is 2.47. The summed E-state index contributed by atoms with van der Waals surface area (Å²) in [6.45, 7) is 0. The number of benzene rings is 2. The predicted octanol–water partition coefficient (Wildman–Crippen LogP) is 1.84. The molecule has 0 saturated carbocycles. The van der Waals surface area contributed by atoms with E-state index in [2.05, 4.69) is 5.32 Å². The molecule has 2 heterocycles. The van der Waals surface area contributed by atoms with Crippen LogP contribution < -0.4 is 19.9 Å². The molecule has 1 N–H and O–H groups in total. The Kier molecular flexibility index (Phi) is 4.00. The van der Waals surface area contributed by atoms with Crippen LogP contribution in [0.4, 0.5) is 5.69 Å². The van der Waals surface area contributed by atoms with Crippen LogP contribution in [0.3, 0.4) is 0 Å². The van der Waals surface area contributed by atoms with Gasteiger partial charge in [0.25, 0.3) is 5.91 Å². The molecule has 2 aliphatic rings. The van der Waals surface area contributed by atoms with Crippen molar-refractivity contribution in [3.05, 3.63) is 54.1 Å². The van der Waals surface area contributed by atoms with Crippen LogP contribution in [0.5, 0.6) is 11.5 Å². The van der Waals surface area contributed by atoms with E-state index >= 15 is 0 Å². The minimum Gasteiger partial charge on any atom is -0.497 e. The molecule has 0 spiro atoms. The number of methoxy groups -OCH3 is 2. The monoisotopic (exact) mass is 354 g/mol. The summed E-state index contributed by atoms with van der Waals surface area (Å²) in [4.78, 5) is 30.5. The van der Waals surface area contributed by atoms with Crippen molar-refractivity contribution in [2.24, 2.45) is 5.92 Å². The van der Waals surface area contributed by atoms with Crippen LogP contribution >= 0.6 is 0 Å². The van der Waals surface area contributed by atoms with Crippen LogP contribution in [-0.4, -0.2) is 32.1 Å². The molecule has 0 aliphatic carbocycles. The summed E-state index contributed by atoms with van der Waals surface area (Å²) >= 11 is 0. The number of rotatable bonds is 4. The van der Waals surface area contributed by atoms with Gasteiger partial charge in [-0.3, -0.25) is 19.7 Å². The molecule has 0 unspecified atom stereocenters. The van der Waals surface area contributed by atoms with Gasteiger partial charge in [-0.1, -0.05) is 18.2 Å². The number of imide groups is 1. The summed E-state index contributed by atoms with van der Waals surface area (Å²) in [5, 5.41) is 3.98. The van der Waals surface area contributed by atoms with Gasteiger partial charge >= 0.3 is 0 Å². The van der Waals surface area contributed by atoms with Crippen molar-refractivity contribution in [1.82, 2.24) is 5.32 Å². The molecule has 134 valence electrons. The van der Waals surface area contributed by atoms with Crippen molar-refractivity contribution < 1.29 is 23.9 Å². The highest BCUT2D eigenvalue weighted by molar-refractivity contribution is 6.07. The molecule has 2 aromatic carbocycles. The third kappa shape index (κ3) is 2.48. The van der Waals surface area contributed by atoms with E-state index < -0.39 is 24.0 Å². The molecule has 0 aromatic heterocycles. The second-order valence-electron chi connectivity index (χ2n) is 6.12. The van der Waals surface area contributed by atoms with Crippen LogP contribution in [0.25, 0.3) is 0 Å². The van der Waals surface area contributed by atoms with Crippen LogP contribution in [-0.2, 0) is 14.4 Å². The fraction of sp³-hybridized carbons (Fsp3) is 0.263. The van der Waals surface area contributed by atoms with E-state index in [0.717, 1.165) is 11.3 Å². The molecule has 0 bridgehead atoms. The summed E-state index contributed by atoms with van der Waals surface area (Å²) < 4.78 is 10.8. The highest BCUT2D eigenvalue weighted by Gasteiger charge is 2.57. The third-order valence-corrected chi connectivity index (χ3v) is 4.72. The minimum absolute atomic E-state index is 0.346. The molecule has 3 atom stereocenters. The molecular weight excluding hydrogens is 336 g/mol. The first-order valence-corrected chi connectivity index (χ1v) is 8.21. The fourth-order valence-corrected chi connectivity index (χ4v) is 3.51. The first-order valence-electron chi connectivity index (χ1n) is 8.21. The molecule has 2 saturated heterocycles. The van der Waals surface area contributed by atoms with Gasteiger partial charge in [0.1, 0.15) is 17.4 Å². The van der Waals surface area contributed by atoms with E-state index in [9.17, 15) is 9.59 Å². The van der Waals surface area contributed by atoms with Crippen molar-refractivity contribution in [3.8, 4) is 11.5 Å². The first-order chi connectivity index (χ1) is 12.6. The molecular formula is C19H18N2O5. The lowest BCUT2D eigenvalue weighted by Gasteiger charge is -2.28. The maximum absolute atomic E-state index is 12.4. The zero-order chi connectivity index (χ0) is 18.3. The molecule has 2 aliphatic heterocycles. The lowest BCUT2D eigenvalue weighted by molar-refractivity contribution is -0.129. The smallest absolute Gasteiger partial charge is 0.259 e. The van der Waals surface area contributed by atoms with E-state index in [1.165, 1.54) is 0 Å². The minimum atomic E-state index is -0.862. The Hall–Kier alpha value is -3.06. The average Bonchev–Trinajstić information content (AvgIpc) is 3.20. The number of anilines is 1. The molecule has 0 radical (unpaired) electrons. The molecule has 2 aromatic rings. The van der Waals surface area contributed by atoms with Crippen molar-refractivity contribution in [1.29, 1.82) is 0 Å². The number of ether oxygens (including phenoxy) is 2. The standard InChI is InChI=1S/C19H18N2O5/c1-24-12-8-9-13(14(10-12)25-2)16-15-17(19(23)20-18(15)22)26-21(16)11-6-4-3-5-7-11/h3-10,15-17H,1-2H3,(H,20,22,23)/t15-,16-,17-/m0/s1. The molecule has 7 nitrogen and oxygen atoms in total. The number of hydrogen-bond donors (Lipinski definition) is 1. The van der Waals surface area contributed by atoms with Gasteiger partial charge in [0.05, 0.1) is 25.9 Å². The highest BCUT2D eigenvalue weighted by atomic mass is 16.7. The van der Waals surface area contributed by atoms with Crippen LogP contribution in [0.2, 0.25) is 0 Å². The van der Waals surface area contributed by atoms with Gasteiger partial charge in [-0.2, -0.15) is 0 Å². The second kappa shape index (κ2) is 6.34. The summed E-state index contributed by atoms with van der Waals surface area (Å²) in [7, 11) is 3.13. The molecule has 2 amide bonds. The Morgan fingerprint density at radius 2 is 1.77 bits per heavy atom. The summed E-state index contributed by atoms with van der Waals surface area (Å²) in [6, 6.07) is 14.2.